The predicted molar refractivity (Wildman–Crippen MR) is 78.1 cm³/mol. The third-order valence-corrected chi connectivity index (χ3v) is 3.89. The number of hydrogen-bond donors (Lipinski definition) is 0. The number of rotatable bonds is 3. The van der Waals surface area contributed by atoms with Gasteiger partial charge in [-0.25, -0.2) is 4.39 Å². The molecule has 0 unspecified atom stereocenters. The lowest BCUT2D eigenvalue weighted by Gasteiger charge is -2.32. The molecule has 0 spiro atoms. The summed E-state index contributed by atoms with van der Waals surface area (Å²) in [6, 6.07) is 4.69. The second-order valence-electron chi connectivity index (χ2n) is 5.88. The van der Waals surface area contributed by atoms with E-state index in [0.29, 0.717) is 0 Å². The summed E-state index contributed by atoms with van der Waals surface area (Å²) < 4.78 is 30.0. The van der Waals surface area contributed by atoms with E-state index < -0.39 is 7.12 Å². The van der Waals surface area contributed by atoms with Crippen molar-refractivity contribution in [1.29, 1.82) is 0 Å². The molecular formula is C15H20BFO3. The van der Waals surface area contributed by atoms with E-state index in [1.54, 1.807) is 12.1 Å². The Hall–Kier alpha value is -1.33. The first kappa shape index (κ1) is 15.1. The van der Waals surface area contributed by atoms with Crippen LogP contribution in [0, 0.1) is 5.82 Å². The molecule has 2 rings (SSSR count). The van der Waals surface area contributed by atoms with Crippen LogP contribution in [0.2, 0.25) is 0 Å². The minimum Gasteiger partial charge on any atom is -0.494 e. The number of ether oxygens (including phenoxy) is 1. The normalized spacial score (nSPS) is 20.6. The van der Waals surface area contributed by atoms with Crippen molar-refractivity contribution in [1.82, 2.24) is 0 Å². The maximum Gasteiger partial charge on any atom is 0.487 e. The molecule has 1 aromatic carbocycles. The fraction of sp³-hybridized carbons (Fsp3) is 0.467. The molecule has 0 amide bonds. The van der Waals surface area contributed by atoms with E-state index in [2.05, 4.69) is 0 Å². The molecule has 1 fully saturated rings. The van der Waals surface area contributed by atoms with E-state index in [1.807, 2.05) is 39.7 Å². The topological polar surface area (TPSA) is 27.7 Å². The number of benzene rings is 1. The average molecular weight is 278 g/mol. The van der Waals surface area contributed by atoms with Gasteiger partial charge in [0, 0.05) is 0 Å². The van der Waals surface area contributed by atoms with Crippen molar-refractivity contribution in [2.45, 2.75) is 38.9 Å². The molecule has 1 aliphatic heterocycles. The van der Waals surface area contributed by atoms with Gasteiger partial charge in [-0.2, -0.15) is 0 Å². The Bertz CT molecular complexity index is 510. The predicted octanol–water partition coefficient (Wildman–Crippen LogP) is 3.48. The minimum atomic E-state index is -0.406. The highest BCUT2D eigenvalue weighted by Gasteiger charge is 2.49. The van der Waals surface area contributed by atoms with Crippen molar-refractivity contribution in [3.8, 4) is 5.75 Å². The Morgan fingerprint density at radius 2 is 1.75 bits per heavy atom. The third-order valence-electron chi connectivity index (χ3n) is 3.89. The zero-order valence-electron chi connectivity index (χ0n) is 12.6. The molecule has 0 atom stereocenters. The summed E-state index contributed by atoms with van der Waals surface area (Å²) in [4.78, 5) is 0. The van der Waals surface area contributed by atoms with Gasteiger partial charge in [-0.05, 0) is 45.4 Å². The highest BCUT2D eigenvalue weighted by Crippen LogP contribution is 2.37. The number of hydrogen-bond acceptors (Lipinski definition) is 3. The van der Waals surface area contributed by atoms with E-state index in [4.69, 9.17) is 14.0 Å². The molecular weight excluding hydrogens is 258 g/mol. The SMILES string of the molecule is COc1cc(/C=C/B2OC(C)(C)C(C)(C)O2)ccc1F. The van der Waals surface area contributed by atoms with Crippen molar-refractivity contribution >= 4 is 13.2 Å². The van der Waals surface area contributed by atoms with E-state index in [0.717, 1.165) is 5.56 Å². The summed E-state index contributed by atoms with van der Waals surface area (Å²) >= 11 is 0. The van der Waals surface area contributed by atoms with Crippen molar-refractivity contribution in [3.63, 3.8) is 0 Å². The fourth-order valence-corrected chi connectivity index (χ4v) is 1.94. The second kappa shape index (κ2) is 5.22. The van der Waals surface area contributed by atoms with Gasteiger partial charge in [-0.15, -0.1) is 0 Å². The Kier molecular flexibility index (Phi) is 3.94. The van der Waals surface area contributed by atoms with Crippen LogP contribution in [0.15, 0.2) is 24.2 Å². The van der Waals surface area contributed by atoms with Crippen molar-refractivity contribution in [2.75, 3.05) is 7.11 Å². The van der Waals surface area contributed by atoms with Crippen LogP contribution in [0.1, 0.15) is 33.3 Å². The molecule has 0 aromatic heterocycles. The van der Waals surface area contributed by atoms with Gasteiger partial charge < -0.3 is 14.0 Å². The summed E-state index contributed by atoms with van der Waals surface area (Å²) in [6.07, 6.45) is 1.84. The van der Waals surface area contributed by atoms with Crippen LogP contribution < -0.4 is 4.74 Å². The molecule has 20 heavy (non-hydrogen) atoms. The van der Waals surface area contributed by atoms with Crippen LogP contribution in [0.5, 0.6) is 5.75 Å². The highest BCUT2D eigenvalue weighted by molar-refractivity contribution is 6.52. The lowest BCUT2D eigenvalue weighted by molar-refractivity contribution is 0.00578. The fourth-order valence-electron chi connectivity index (χ4n) is 1.94. The number of methoxy groups -OCH3 is 1. The van der Waals surface area contributed by atoms with E-state index >= 15 is 0 Å². The average Bonchev–Trinajstić information content (AvgIpc) is 2.57. The molecule has 0 N–H and O–H groups in total. The van der Waals surface area contributed by atoms with Gasteiger partial charge in [0.05, 0.1) is 18.3 Å². The molecule has 108 valence electrons. The standard InChI is InChI=1S/C15H20BFO3/c1-14(2)15(3,4)20-16(19-14)9-8-11-6-7-12(17)13(10-11)18-5/h6-10H,1-5H3/b9-8+. The van der Waals surface area contributed by atoms with Gasteiger partial charge in [0.25, 0.3) is 0 Å². The summed E-state index contributed by atoms with van der Waals surface area (Å²) in [5.74, 6) is 1.67. The summed E-state index contributed by atoms with van der Waals surface area (Å²) in [5.41, 5.74) is 0.114. The first-order valence-corrected chi connectivity index (χ1v) is 6.62. The summed E-state index contributed by atoms with van der Waals surface area (Å²) in [6.45, 7) is 8.01. The molecule has 3 nitrogen and oxygen atoms in total. The lowest BCUT2D eigenvalue weighted by atomic mass is 9.89. The number of halogens is 1. The Morgan fingerprint density at radius 3 is 2.30 bits per heavy atom. The van der Waals surface area contributed by atoms with Crippen LogP contribution in [0.4, 0.5) is 4.39 Å². The molecule has 5 heteroatoms. The maximum absolute atomic E-state index is 13.3. The summed E-state index contributed by atoms with van der Waals surface area (Å²) in [7, 11) is 1.04. The van der Waals surface area contributed by atoms with Gasteiger partial charge in [0.15, 0.2) is 11.6 Å². The highest BCUT2D eigenvalue weighted by atomic mass is 19.1. The largest absolute Gasteiger partial charge is 0.494 e. The smallest absolute Gasteiger partial charge is 0.487 e. The second-order valence-corrected chi connectivity index (χ2v) is 5.88. The molecule has 1 aromatic rings. The molecule has 1 aliphatic rings. The Balaban J connectivity index is 2.12. The van der Waals surface area contributed by atoms with E-state index in [9.17, 15) is 4.39 Å². The van der Waals surface area contributed by atoms with Crippen LogP contribution in [-0.2, 0) is 9.31 Å². The van der Waals surface area contributed by atoms with Gasteiger partial charge in [-0.1, -0.05) is 18.1 Å². The third kappa shape index (κ3) is 2.89. The van der Waals surface area contributed by atoms with Crippen LogP contribution in [0.25, 0.3) is 6.08 Å². The first-order valence-electron chi connectivity index (χ1n) is 6.62. The minimum absolute atomic E-state index is 0.223. The van der Waals surface area contributed by atoms with Crippen LogP contribution >= 0.6 is 0 Å². The summed E-state index contributed by atoms with van der Waals surface area (Å²) in [5, 5.41) is 0. The molecule has 1 heterocycles. The lowest BCUT2D eigenvalue weighted by Crippen LogP contribution is -2.41. The maximum atomic E-state index is 13.3. The van der Waals surface area contributed by atoms with Gasteiger partial charge in [0.1, 0.15) is 0 Å². The Labute approximate surface area is 119 Å². The van der Waals surface area contributed by atoms with Crippen molar-refractivity contribution < 1.29 is 18.4 Å². The van der Waals surface area contributed by atoms with E-state index in [-0.39, 0.29) is 22.8 Å². The van der Waals surface area contributed by atoms with Crippen molar-refractivity contribution in [3.05, 3.63) is 35.6 Å². The Morgan fingerprint density at radius 1 is 1.15 bits per heavy atom. The zero-order chi connectivity index (χ0) is 15.0. The molecule has 0 aliphatic carbocycles. The van der Waals surface area contributed by atoms with Gasteiger partial charge in [-0.3, -0.25) is 0 Å². The van der Waals surface area contributed by atoms with Gasteiger partial charge >= 0.3 is 7.12 Å². The molecule has 0 bridgehead atoms. The van der Waals surface area contributed by atoms with Crippen LogP contribution in [0.3, 0.4) is 0 Å². The monoisotopic (exact) mass is 278 g/mol. The quantitative estimate of drug-likeness (QED) is 0.792. The molecule has 0 saturated carbocycles. The molecule has 1 saturated heterocycles. The first-order chi connectivity index (χ1) is 9.25. The van der Waals surface area contributed by atoms with Crippen LogP contribution in [-0.4, -0.2) is 25.4 Å². The van der Waals surface area contributed by atoms with Gasteiger partial charge in [0.2, 0.25) is 0 Å². The van der Waals surface area contributed by atoms with Crippen molar-refractivity contribution in [2.24, 2.45) is 0 Å². The molecule has 0 radical (unpaired) electrons. The van der Waals surface area contributed by atoms with E-state index in [1.165, 1.54) is 13.2 Å². The zero-order valence-corrected chi connectivity index (χ0v) is 12.6.